The monoisotopic (exact) mass is 445 g/mol. The van der Waals surface area contributed by atoms with Crippen molar-refractivity contribution in [2.75, 3.05) is 20.1 Å². The van der Waals surface area contributed by atoms with Crippen molar-refractivity contribution in [2.45, 2.75) is 45.8 Å². The Morgan fingerprint density at radius 1 is 1.16 bits per heavy atom. The summed E-state index contributed by atoms with van der Waals surface area (Å²) in [5.41, 5.74) is 2.53. The fraction of sp³-hybridized carbons (Fsp3) is 0.455. The molecule has 0 spiro atoms. The van der Waals surface area contributed by atoms with Gasteiger partial charge in [-0.2, -0.15) is 5.10 Å². The summed E-state index contributed by atoms with van der Waals surface area (Å²) in [5.74, 6) is -0.399. The third-order valence-corrected chi connectivity index (χ3v) is 5.69. The molecule has 2 aromatic rings. The predicted molar refractivity (Wildman–Crippen MR) is 119 cm³/mol. The third kappa shape index (κ3) is 5.92. The number of aromatic nitrogens is 2. The maximum atomic E-state index is 12.9. The standard InChI is InChI=1S/C22H28ClN5O3/c1-15-11-26-28(14-21(30)27-7-3-4-8-27)22(31)19(15)10-20(29)25-13-17-9-18(23)6-5-16(17)12-24-2/h5-6,9,11,24H,3-4,7-8,10,12-14H2,1-2H3,(H,25,29). The van der Waals surface area contributed by atoms with Gasteiger partial charge >= 0.3 is 0 Å². The quantitative estimate of drug-likeness (QED) is 0.640. The van der Waals surface area contributed by atoms with Crippen LogP contribution in [0.5, 0.6) is 0 Å². The predicted octanol–water partition coefficient (Wildman–Crippen LogP) is 1.41. The molecular weight excluding hydrogens is 418 g/mol. The van der Waals surface area contributed by atoms with Gasteiger partial charge in [0, 0.05) is 36.8 Å². The van der Waals surface area contributed by atoms with E-state index in [1.54, 1.807) is 11.8 Å². The van der Waals surface area contributed by atoms with E-state index in [0.29, 0.717) is 42.3 Å². The molecule has 31 heavy (non-hydrogen) atoms. The molecule has 2 N–H and O–H groups in total. The van der Waals surface area contributed by atoms with Crippen molar-refractivity contribution < 1.29 is 9.59 Å². The van der Waals surface area contributed by atoms with Gasteiger partial charge < -0.3 is 15.5 Å². The molecule has 2 amide bonds. The summed E-state index contributed by atoms with van der Waals surface area (Å²) in [6, 6.07) is 5.55. The topological polar surface area (TPSA) is 96.3 Å². The number of carbonyl (C=O) groups is 2. The first-order chi connectivity index (χ1) is 14.9. The van der Waals surface area contributed by atoms with Gasteiger partial charge in [0.2, 0.25) is 11.8 Å². The van der Waals surface area contributed by atoms with Gasteiger partial charge in [-0.1, -0.05) is 17.7 Å². The second kappa shape index (κ2) is 10.5. The van der Waals surface area contributed by atoms with Crippen LogP contribution in [0.1, 0.15) is 35.1 Å². The normalized spacial score (nSPS) is 13.5. The second-order valence-corrected chi connectivity index (χ2v) is 8.19. The van der Waals surface area contributed by atoms with Gasteiger partial charge in [0.25, 0.3) is 5.56 Å². The highest BCUT2D eigenvalue weighted by atomic mass is 35.5. The van der Waals surface area contributed by atoms with Gasteiger partial charge in [-0.3, -0.25) is 14.4 Å². The maximum absolute atomic E-state index is 12.9. The van der Waals surface area contributed by atoms with Crippen LogP contribution in [-0.4, -0.2) is 46.6 Å². The van der Waals surface area contributed by atoms with Crippen LogP contribution in [0, 0.1) is 6.92 Å². The molecule has 3 rings (SSSR count). The van der Waals surface area contributed by atoms with E-state index >= 15 is 0 Å². The lowest BCUT2D eigenvalue weighted by Crippen LogP contribution is -2.38. The number of benzene rings is 1. The molecule has 1 aliphatic heterocycles. The molecule has 2 heterocycles. The van der Waals surface area contributed by atoms with Crippen molar-refractivity contribution in [2.24, 2.45) is 0 Å². The van der Waals surface area contributed by atoms with Crippen molar-refractivity contribution in [1.82, 2.24) is 25.3 Å². The fourth-order valence-electron chi connectivity index (χ4n) is 3.67. The molecule has 0 saturated carbocycles. The average molecular weight is 446 g/mol. The van der Waals surface area contributed by atoms with Crippen molar-refractivity contribution in [3.05, 3.63) is 62.0 Å². The highest BCUT2D eigenvalue weighted by molar-refractivity contribution is 6.30. The summed E-state index contributed by atoms with van der Waals surface area (Å²) in [6.07, 6.45) is 3.42. The molecule has 0 unspecified atom stereocenters. The number of likely N-dealkylation sites (tertiary alicyclic amines) is 1. The van der Waals surface area contributed by atoms with Gasteiger partial charge in [-0.05, 0) is 55.6 Å². The number of halogens is 1. The number of carbonyl (C=O) groups excluding carboxylic acids is 2. The van der Waals surface area contributed by atoms with Crippen molar-refractivity contribution in [1.29, 1.82) is 0 Å². The lowest BCUT2D eigenvalue weighted by molar-refractivity contribution is -0.131. The van der Waals surface area contributed by atoms with E-state index in [2.05, 4.69) is 15.7 Å². The van der Waals surface area contributed by atoms with Gasteiger partial charge in [0.1, 0.15) is 6.54 Å². The first-order valence-electron chi connectivity index (χ1n) is 10.4. The van der Waals surface area contributed by atoms with E-state index < -0.39 is 5.56 Å². The number of amides is 2. The van der Waals surface area contributed by atoms with E-state index in [1.807, 2.05) is 25.2 Å². The third-order valence-electron chi connectivity index (χ3n) is 5.45. The second-order valence-electron chi connectivity index (χ2n) is 7.75. The summed E-state index contributed by atoms with van der Waals surface area (Å²) in [6.45, 7) is 4.03. The first kappa shape index (κ1) is 23.0. The Morgan fingerprint density at radius 3 is 2.61 bits per heavy atom. The zero-order chi connectivity index (χ0) is 22.4. The highest BCUT2D eigenvalue weighted by Gasteiger charge is 2.20. The molecule has 0 radical (unpaired) electrons. The molecule has 1 aromatic heterocycles. The molecule has 0 bridgehead atoms. The van der Waals surface area contributed by atoms with Crippen LogP contribution in [0.2, 0.25) is 5.02 Å². The van der Waals surface area contributed by atoms with E-state index in [4.69, 9.17) is 11.6 Å². The largest absolute Gasteiger partial charge is 0.352 e. The van der Waals surface area contributed by atoms with E-state index in [9.17, 15) is 14.4 Å². The first-order valence-corrected chi connectivity index (χ1v) is 10.8. The summed E-state index contributed by atoms with van der Waals surface area (Å²) in [7, 11) is 1.85. The number of nitrogens with one attached hydrogen (secondary N) is 2. The molecule has 0 atom stereocenters. The molecule has 9 heteroatoms. The Morgan fingerprint density at radius 2 is 1.90 bits per heavy atom. The van der Waals surface area contributed by atoms with Gasteiger partial charge in [0.15, 0.2) is 0 Å². The smallest absolute Gasteiger partial charge is 0.271 e. The highest BCUT2D eigenvalue weighted by Crippen LogP contribution is 2.16. The Hall–Kier alpha value is -2.71. The number of rotatable bonds is 8. The van der Waals surface area contributed by atoms with Crippen LogP contribution in [0.25, 0.3) is 0 Å². The van der Waals surface area contributed by atoms with E-state index in [-0.39, 0.29) is 24.8 Å². The molecule has 166 valence electrons. The van der Waals surface area contributed by atoms with E-state index in [0.717, 1.165) is 28.7 Å². The molecule has 1 fully saturated rings. The molecule has 1 aliphatic rings. The van der Waals surface area contributed by atoms with Crippen LogP contribution in [0.4, 0.5) is 0 Å². The fourth-order valence-corrected chi connectivity index (χ4v) is 3.87. The Bertz CT molecular complexity index is 1010. The van der Waals surface area contributed by atoms with Crippen LogP contribution in [0.3, 0.4) is 0 Å². The summed E-state index contributed by atoms with van der Waals surface area (Å²) >= 11 is 6.09. The minimum absolute atomic E-state index is 0.0764. The number of hydrogen-bond donors (Lipinski definition) is 2. The molecule has 1 saturated heterocycles. The minimum Gasteiger partial charge on any atom is -0.352 e. The van der Waals surface area contributed by atoms with Gasteiger partial charge in [-0.15, -0.1) is 0 Å². The number of nitrogens with zero attached hydrogens (tertiary/aromatic N) is 3. The number of hydrogen-bond acceptors (Lipinski definition) is 5. The Kier molecular flexibility index (Phi) is 7.81. The minimum atomic E-state index is -0.402. The van der Waals surface area contributed by atoms with Gasteiger partial charge in [-0.25, -0.2) is 4.68 Å². The Labute approximate surface area is 186 Å². The van der Waals surface area contributed by atoms with Crippen molar-refractivity contribution in [3.63, 3.8) is 0 Å². The van der Waals surface area contributed by atoms with Crippen LogP contribution >= 0.6 is 11.6 Å². The van der Waals surface area contributed by atoms with Crippen LogP contribution in [-0.2, 0) is 35.6 Å². The summed E-state index contributed by atoms with van der Waals surface area (Å²) in [5, 5.41) is 10.6. The maximum Gasteiger partial charge on any atom is 0.271 e. The van der Waals surface area contributed by atoms with Gasteiger partial charge in [0.05, 0.1) is 12.6 Å². The van der Waals surface area contributed by atoms with Crippen molar-refractivity contribution >= 4 is 23.4 Å². The number of aryl methyl sites for hydroxylation is 1. The Balaban J connectivity index is 1.68. The molecular formula is C22H28ClN5O3. The summed E-state index contributed by atoms with van der Waals surface area (Å²) in [4.78, 5) is 39.6. The molecule has 8 nitrogen and oxygen atoms in total. The zero-order valence-electron chi connectivity index (χ0n) is 17.9. The van der Waals surface area contributed by atoms with Crippen LogP contribution < -0.4 is 16.2 Å². The lowest BCUT2D eigenvalue weighted by atomic mass is 10.1. The zero-order valence-corrected chi connectivity index (χ0v) is 18.7. The summed E-state index contributed by atoms with van der Waals surface area (Å²) < 4.78 is 1.15. The molecule has 0 aliphatic carbocycles. The average Bonchev–Trinajstić information content (AvgIpc) is 3.28. The lowest BCUT2D eigenvalue weighted by Gasteiger charge is -2.16. The SMILES string of the molecule is CNCc1ccc(Cl)cc1CNC(=O)Cc1c(C)cnn(CC(=O)N2CCCC2)c1=O. The van der Waals surface area contributed by atoms with E-state index in [1.165, 1.54) is 6.20 Å². The van der Waals surface area contributed by atoms with Crippen molar-refractivity contribution in [3.8, 4) is 0 Å². The molecule has 1 aromatic carbocycles. The van der Waals surface area contributed by atoms with Crippen LogP contribution in [0.15, 0.2) is 29.2 Å².